The Morgan fingerprint density at radius 3 is 0.773 bits per heavy atom. The van der Waals surface area contributed by atoms with Crippen LogP contribution in [0.4, 0.5) is 0 Å². The average molecular weight is 599 g/mol. The predicted molar refractivity (Wildman–Crippen MR) is 191 cm³/mol. The van der Waals surface area contributed by atoms with Crippen molar-refractivity contribution in [2.45, 2.75) is 0 Å². The van der Waals surface area contributed by atoms with Gasteiger partial charge in [-0.3, -0.25) is 0 Å². The summed E-state index contributed by atoms with van der Waals surface area (Å²) in [6, 6.07) is 61.0. The van der Waals surface area contributed by atoms with Crippen molar-refractivity contribution in [2.24, 2.45) is 0 Å². The van der Waals surface area contributed by atoms with E-state index >= 15 is 0 Å². The van der Waals surface area contributed by atoms with Crippen LogP contribution in [0.3, 0.4) is 0 Å². The summed E-state index contributed by atoms with van der Waals surface area (Å²) in [5.74, 6) is 0. The molecule has 0 atom stereocenters. The molecule has 0 bridgehead atoms. The van der Waals surface area contributed by atoms with Gasteiger partial charge in [0.1, 0.15) is 0 Å². The van der Waals surface area contributed by atoms with E-state index in [4.69, 9.17) is 0 Å². The number of hydrogen-bond acceptors (Lipinski definition) is 2. The van der Waals surface area contributed by atoms with Gasteiger partial charge in [-0.2, -0.15) is 0 Å². The maximum absolute atomic E-state index is 2.30. The van der Waals surface area contributed by atoms with Crippen molar-refractivity contribution in [3.63, 3.8) is 0 Å². The Balaban J connectivity index is 1.47. The van der Waals surface area contributed by atoms with Crippen LogP contribution < -0.4 is 0 Å². The zero-order valence-corrected chi connectivity index (χ0v) is 25.8. The molecule has 210 valence electrons. The molecule has 0 nitrogen and oxygen atoms in total. The van der Waals surface area contributed by atoms with Gasteiger partial charge in [-0.15, -0.1) is 22.7 Å². The highest BCUT2D eigenvalue weighted by atomic mass is 32.1. The van der Waals surface area contributed by atoms with Crippen molar-refractivity contribution in [3.8, 4) is 0 Å². The Morgan fingerprint density at radius 2 is 0.523 bits per heavy atom. The summed E-state index contributed by atoms with van der Waals surface area (Å²) in [7, 11) is 0. The Morgan fingerprint density at radius 1 is 0.250 bits per heavy atom. The smallest absolute Gasteiger partial charge is 0.0355 e. The van der Waals surface area contributed by atoms with Crippen LogP contribution in [0.1, 0.15) is 43.1 Å². The quantitative estimate of drug-likeness (QED) is 0.153. The zero-order chi connectivity index (χ0) is 29.6. The molecule has 0 saturated heterocycles. The molecule has 2 heteroatoms. The average Bonchev–Trinajstić information content (AvgIpc) is 3.84. The Hall–Kier alpha value is -5.02. The number of thiophene rings is 2. The van der Waals surface area contributed by atoms with E-state index in [-0.39, 0.29) is 0 Å². The molecule has 2 aromatic heterocycles. The molecule has 0 aliphatic heterocycles. The molecular weight excluding hydrogens is 569 g/mol. The molecule has 7 rings (SSSR count). The minimum absolute atomic E-state index is 1.20. The van der Waals surface area contributed by atoms with Crippen LogP contribution in [0.25, 0.3) is 22.3 Å². The number of hydrogen-bond donors (Lipinski definition) is 0. The topological polar surface area (TPSA) is 0 Å². The summed E-state index contributed by atoms with van der Waals surface area (Å²) < 4.78 is 0. The summed E-state index contributed by atoms with van der Waals surface area (Å²) in [6.07, 6.45) is 0. The largest absolute Gasteiger partial charge is 0.144 e. The summed E-state index contributed by atoms with van der Waals surface area (Å²) in [5, 5.41) is 4.34. The lowest BCUT2D eigenvalue weighted by Crippen LogP contribution is -1.98. The van der Waals surface area contributed by atoms with Crippen LogP contribution in [-0.4, -0.2) is 0 Å². The standard InChI is InChI=1S/C42H30S2/c1-5-15-31(16-6-1)39(32-17-7-2-8-18-32)41(37-23-13-29-43-37)35-25-27-36(28-26-35)42(38-24-14-30-44-38)40(33-19-9-3-10-20-33)34-21-11-4-12-22-34/h1-30H. The van der Waals surface area contributed by atoms with Crippen LogP contribution in [0, 0.1) is 0 Å². The third kappa shape index (κ3) is 5.78. The first-order chi connectivity index (χ1) is 21.9. The molecule has 0 aliphatic carbocycles. The van der Waals surface area contributed by atoms with E-state index < -0.39 is 0 Å². The second kappa shape index (κ2) is 13.1. The van der Waals surface area contributed by atoms with Gasteiger partial charge in [-0.1, -0.05) is 158 Å². The lowest BCUT2D eigenvalue weighted by Gasteiger charge is -2.19. The number of rotatable bonds is 8. The summed E-state index contributed by atoms with van der Waals surface area (Å²) in [5.41, 5.74) is 12.2. The molecule has 0 unspecified atom stereocenters. The second-order valence-electron chi connectivity index (χ2n) is 10.5. The van der Waals surface area contributed by atoms with Crippen molar-refractivity contribution >= 4 is 45.0 Å². The van der Waals surface area contributed by atoms with Crippen LogP contribution >= 0.6 is 22.7 Å². The van der Waals surface area contributed by atoms with E-state index in [1.165, 1.54) is 65.4 Å². The van der Waals surface area contributed by atoms with Crippen LogP contribution in [0.15, 0.2) is 181 Å². The highest BCUT2D eigenvalue weighted by Crippen LogP contribution is 2.41. The van der Waals surface area contributed by atoms with Crippen LogP contribution in [0.2, 0.25) is 0 Å². The van der Waals surface area contributed by atoms with Gasteiger partial charge < -0.3 is 0 Å². The van der Waals surface area contributed by atoms with Crippen molar-refractivity contribution < 1.29 is 0 Å². The molecule has 5 aromatic carbocycles. The van der Waals surface area contributed by atoms with Gasteiger partial charge in [0.05, 0.1) is 0 Å². The molecule has 0 spiro atoms. The molecule has 0 fully saturated rings. The minimum atomic E-state index is 1.20. The normalized spacial score (nSPS) is 10.7. The van der Waals surface area contributed by atoms with E-state index in [0.717, 1.165) is 0 Å². The van der Waals surface area contributed by atoms with Crippen molar-refractivity contribution in [3.05, 3.63) is 224 Å². The number of benzene rings is 5. The van der Waals surface area contributed by atoms with E-state index in [9.17, 15) is 0 Å². The summed E-state index contributed by atoms with van der Waals surface area (Å²) in [6.45, 7) is 0. The van der Waals surface area contributed by atoms with E-state index in [0.29, 0.717) is 0 Å². The van der Waals surface area contributed by atoms with Gasteiger partial charge >= 0.3 is 0 Å². The molecule has 0 saturated carbocycles. The van der Waals surface area contributed by atoms with Crippen molar-refractivity contribution in [2.75, 3.05) is 0 Å². The Kier molecular flexibility index (Phi) is 8.27. The first kappa shape index (κ1) is 27.8. The molecule has 44 heavy (non-hydrogen) atoms. The van der Waals surface area contributed by atoms with Gasteiger partial charge in [-0.25, -0.2) is 0 Å². The molecular formula is C42H30S2. The summed E-state index contributed by atoms with van der Waals surface area (Å²) in [4.78, 5) is 2.51. The molecule has 0 aliphatic rings. The van der Waals surface area contributed by atoms with Crippen molar-refractivity contribution in [1.82, 2.24) is 0 Å². The van der Waals surface area contributed by atoms with Gasteiger partial charge in [0, 0.05) is 20.9 Å². The van der Waals surface area contributed by atoms with Gasteiger partial charge in [0.2, 0.25) is 0 Å². The van der Waals surface area contributed by atoms with Crippen LogP contribution in [0.5, 0.6) is 0 Å². The summed E-state index contributed by atoms with van der Waals surface area (Å²) >= 11 is 3.57. The van der Waals surface area contributed by atoms with E-state index in [1.807, 2.05) is 0 Å². The molecule has 0 amide bonds. The SMILES string of the molecule is c1ccc(C(=C(c2ccc(C(=C(c3ccccc3)c3ccccc3)c3cccs3)cc2)c2cccs2)c2ccccc2)cc1. The molecule has 7 aromatic rings. The maximum atomic E-state index is 2.30. The van der Waals surface area contributed by atoms with Gasteiger partial charge in [0.25, 0.3) is 0 Å². The monoisotopic (exact) mass is 598 g/mol. The van der Waals surface area contributed by atoms with Crippen molar-refractivity contribution in [1.29, 1.82) is 0 Å². The van der Waals surface area contributed by atoms with Gasteiger partial charge in [-0.05, 0) is 67.4 Å². The van der Waals surface area contributed by atoms with E-state index in [2.05, 4.69) is 181 Å². The van der Waals surface area contributed by atoms with Crippen LogP contribution in [-0.2, 0) is 0 Å². The lowest BCUT2D eigenvalue weighted by molar-refractivity contribution is 1.50. The Labute approximate surface area is 267 Å². The van der Waals surface area contributed by atoms with Gasteiger partial charge in [0.15, 0.2) is 0 Å². The first-order valence-corrected chi connectivity index (χ1v) is 16.5. The fraction of sp³-hybridized carbons (Fsp3) is 0. The maximum Gasteiger partial charge on any atom is 0.0355 e. The third-order valence-electron chi connectivity index (χ3n) is 7.75. The second-order valence-corrected chi connectivity index (χ2v) is 12.4. The fourth-order valence-electron chi connectivity index (χ4n) is 5.79. The minimum Gasteiger partial charge on any atom is -0.144 e. The predicted octanol–water partition coefficient (Wildman–Crippen LogP) is 11.8. The zero-order valence-electron chi connectivity index (χ0n) is 24.1. The van der Waals surface area contributed by atoms with E-state index in [1.54, 1.807) is 22.7 Å². The molecule has 0 radical (unpaired) electrons. The highest BCUT2D eigenvalue weighted by molar-refractivity contribution is 7.11. The lowest BCUT2D eigenvalue weighted by atomic mass is 9.86. The highest BCUT2D eigenvalue weighted by Gasteiger charge is 2.20. The third-order valence-corrected chi connectivity index (χ3v) is 9.52. The first-order valence-electron chi connectivity index (χ1n) is 14.8. The fourth-order valence-corrected chi connectivity index (χ4v) is 7.39. The molecule has 0 N–H and O–H groups in total. The molecule has 2 heterocycles. The Bertz CT molecular complexity index is 1750.